The van der Waals surface area contributed by atoms with Gasteiger partial charge in [-0.25, -0.2) is 0 Å². The first-order chi connectivity index (χ1) is 17.4. The molecule has 0 bridgehead atoms. The highest BCUT2D eigenvalue weighted by molar-refractivity contribution is 7.99. The van der Waals surface area contributed by atoms with E-state index in [1.807, 2.05) is 66.7 Å². The monoisotopic (exact) mass is 482 g/mol. The maximum atomic E-state index is 4.80. The molecule has 2 heterocycles. The summed E-state index contributed by atoms with van der Waals surface area (Å²) in [6.07, 6.45) is 0.977. The lowest BCUT2D eigenvalue weighted by molar-refractivity contribution is 0.576. The summed E-state index contributed by atoms with van der Waals surface area (Å²) in [5.74, 6) is 0.909. The second-order valence-electron chi connectivity index (χ2n) is 7.96. The van der Waals surface area contributed by atoms with Gasteiger partial charge < -0.3 is 5.32 Å². The highest BCUT2D eigenvalue weighted by Crippen LogP contribution is 2.21. The molecule has 176 valence electrons. The Kier molecular flexibility index (Phi) is 7.57. The normalized spacial score (nSPS) is 11.1. The van der Waals surface area contributed by atoms with Gasteiger partial charge in [-0.1, -0.05) is 90.6 Å². The Morgan fingerprint density at radius 2 is 1.51 bits per heavy atom. The fourth-order valence-corrected chi connectivity index (χ4v) is 4.54. The van der Waals surface area contributed by atoms with Crippen LogP contribution < -0.4 is 5.32 Å². The Bertz CT molecular complexity index is 1320. The lowest BCUT2D eigenvalue weighted by Gasteiger charge is -2.05. The molecule has 0 aliphatic heterocycles. The van der Waals surface area contributed by atoms with E-state index >= 15 is 0 Å². The number of hydrogen-bond acceptors (Lipinski definition) is 7. The van der Waals surface area contributed by atoms with Crippen molar-refractivity contribution >= 4 is 11.8 Å². The van der Waals surface area contributed by atoms with E-state index in [4.69, 9.17) is 10.2 Å². The number of thioether (sulfide) groups is 1. The minimum absolute atomic E-state index is 0.646. The fourth-order valence-electron chi connectivity index (χ4n) is 3.71. The van der Waals surface area contributed by atoms with Crippen LogP contribution >= 0.6 is 11.8 Å². The molecule has 2 aromatic heterocycles. The summed E-state index contributed by atoms with van der Waals surface area (Å²) < 4.78 is 1.77. The van der Waals surface area contributed by atoms with Gasteiger partial charge in [-0.2, -0.15) is 19.7 Å². The average molecular weight is 483 g/mol. The number of hydrogen-bond donors (Lipinski definition) is 1. The molecule has 5 rings (SSSR count). The van der Waals surface area contributed by atoms with E-state index in [-0.39, 0.29) is 0 Å². The van der Waals surface area contributed by atoms with Gasteiger partial charge in [-0.05, 0) is 41.1 Å². The molecular formula is C26H26N8S. The molecule has 0 saturated carbocycles. The molecule has 5 aromatic rings. The molecule has 0 spiro atoms. The predicted molar refractivity (Wildman–Crippen MR) is 137 cm³/mol. The summed E-state index contributed by atoms with van der Waals surface area (Å²) in [4.78, 5) is 1.79. The van der Waals surface area contributed by atoms with Crippen molar-refractivity contribution < 1.29 is 0 Å². The third-order valence-corrected chi connectivity index (χ3v) is 6.41. The quantitative estimate of drug-likeness (QED) is 0.223. The predicted octanol–water partition coefficient (Wildman–Crippen LogP) is 4.24. The van der Waals surface area contributed by atoms with Gasteiger partial charge in [0.2, 0.25) is 5.16 Å². The molecule has 3 aromatic carbocycles. The van der Waals surface area contributed by atoms with E-state index in [9.17, 15) is 0 Å². The third-order valence-electron chi connectivity index (χ3n) is 5.40. The third kappa shape index (κ3) is 6.00. The first-order valence-corrected chi connectivity index (χ1v) is 12.6. The Morgan fingerprint density at radius 3 is 2.29 bits per heavy atom. The van der Waals surface area contributed by atoms with Crippen molar-refractivity contribution in [3.63, 3.8) is 0 Å². The second kappa shape index (κ2) is 11.5. The fraction of sp³-hybridized carbons (Fsp3) is 0.192. The molecule has 0 aliphatic rings. The summed E-state index contributed by atoms with van der Waals surface area (Å²) in [5, 5.41) is 26.0. The Morgan fingerprint density at radius 1 is 0.800 bits per heavy atom. The van der Waals surface area contributed by atoms with Crippen LogP contribution in [0.5, 0.6) is 0 Å². The number of nitrogens with zero attached hydrogens (tertiary/aromatic N) is 7. The number of tetrazole rings is 1. The van der Waals surface area contributed by atoms with Crippen LogP contribution in [-0.2, 0) is 13.1 Å². The summed E-state index contributed by atoms with van der Waals surface area (Å²) in [6, 6.07) is 30.4. The second-order valence-corrected chi connectivity index (χ2v) is 9.03. The Hall–Kier alpha value is -3.82. The van der Waals surface area contributed by atoms with Crippen LogP contribution in [0, 0.1) is 0 Å². The van der Waals surface area contributed by atoms with Crippen LogP contribution in [0.2, 0.25) is 0 Å². The standard InChI is InChI=1S/C26H26N8S/c1-4-11-21(12-5-1)20-33-29-24(25(30-33)22-13-6-2-7-14-22)19-27-17-10-18-35-26-28-31-32-34(26)23-15-8-3-9-16-23/h1-9,11-16,27H,10,17-20H2. The highest BCUT2D eigenvalue weighted by Gasteiger charge is 2.13. The molecule has 9 heteroatoms. The molecule has 0 atom stereocenters. The minimum atomic E-state index is 0.646. The molecule has 8 nitrogen and oxygen atoms in total. The lowest BCUT2D eigenvalue weighted by atomic mass is 10.1. The summed E-state index contributed by atoms with van der Waals surface area (Å²) >= 11 is 1.65. The average Bonchev–Trinajstić information content (AvgIpc) is 3.55. The van der Waals surface area contributed by atoms with Crippen molar-refractivity contribution in [3.05, 3.63) is 102 Å². The molecule has 0 fully saturated rings. The van der Waals surface area contributed by atoms with Crippen molar-refractivity contribution in [2.24, 2.45) is 0 Å². The maximum absolute atomic E-state index is 4.80. The summed E-state index contributed by atoms with van der Waals surface area (Å²) in [5.41, 5.74) is 5.09. The molecule has 35 heavy (non-hydrogen) atoms. The van der Waals surface area contributed by atoms with Gasteiger partial charge in [-0.3, -0.25) is 0 Å². The van der Waals surface area contributed by atoms with E-state index in [1.165, 1.54) is 5.56 Å². The smallest absolute Gasteiger partial charge is 0.214 e. The van der Waals surface area contributed by atoms with E-state index in [0.29, 0.717) is 13.1 Å². The zero-order chi connectivity index (χ0) is 23.7. The summed E-state index contributed by atoms with van der Waals surface area (Å²) in [6.45, 7) is 2.17. The van der Waals surface area contributed by atoms with Gasteiger partial charge in [0.25, 0.3) is 0 Å². The minimum Gasteiger partial charge on any atom is -0.311 e. The van der Waals surface area contributed by atoms with Gasteiger partial charge in [0.15, 0.2) is 0 Å². The van der Waals surface area contributed by atoms with Gasteiger partial charge in [0.05, 0.1) is 12.2 Å². The maximum Gasteiger partial charge on any atom is 0.214 e. The number of aromatic nitrogens is 7. The van der Waals surface area contributed by atoms with Crippen LogP contribution in [0.25, 0.3) is 16.9 Å². The molecule has 0 radical (unpaired) electrons. The van der Waals surface area contributed by atoms with Crippen LogP contribution in [0.3, 0.4) is 0 Å². The van der Waals surface area contributed by atoms with Crippen LogP contribution in [0.1, 0.15) is 17.7 Å². The van der Waals surface area contributed by atoms with Gasteiger partial charge in [0, 0.05) is 17.9 Å². The van der Waals surface area contributed by atoms with Crippen molar-refractivity contribution in [2.45, 2.75) is 24.7 Å². The molecule has 0 aliphatic carbocycles. The van der Waals surface area contributed by atoms with Crippen LogP contribution in [0.15, 0.2) is 96.2 Å². The lowest BCUT2D eigenvalue weighted by Crippen LogP contribution is -2.16. The van der Waals surface area contributed by atoms with Gasteiger partial charge >= 0.3 is 0 Å². The Balaban J connectivity index is 1.17. The topological polar surface area (TPSA) is 86.3 Å². The number of benzene rings is 3. The van der Waals surface area contributed by atoms with Crippen molar-refractivity contribution in [1.82, 2.24) is 40.5 Å². The van der Waals surface area contributed by atoms with Crippen molar-refractivity contribution in [1.29, 1.82) is 0 Å². The largest absolute Gasteiger partial charge is 0.311 e. The van der Waals surface area contributed by atoms with E-state index < -0.39 is 0 Å². The van der Waals surface area contributed by atoms with Crippen molar-refractivity contribution in [2.75, 3.05) is 12.3 Å². The van der Waals surface area contributed by atoms with E-state index in [0.717, 1.165) is 46.5 Å². The van der Waals surface area contributed by atoms with Crippen molar-refractivity contribution in [3.8, 4) is 16.9 Å². The van der Waals surface area contributed by atoms with E-state index in [1.54, 1.807) is 21.2 Å². The van der Waals surface area contributed by atoms with E-state index in [2.05, 4.69) is 45.1 Å². The van der Waals surface area contributed by atoms with Crippen LogP contribution in [-0.4, -0.2) is 47.5 Å². The molecule has 0 saturated heterocycles. The summed E-state index contributed by atoms with van der Waals surface area (Å²) in [7, 11) is 0. The number of para-hydroxylation sites is 1. The molecule has 0 unspecified atom stereocenters. The molecular weight excluding hydrogens is 456 g/mol. The highest BCUT2D eigenvalue weighted by atomic mass is 32.2. The van der Waals surface area contributed by atoms with Gasteiger partial charge in [0.1, 0.15) is 11.4 Å². The number of rotatable bonds is 11. The first-order valence-electron chi connectivity index (χ1n) is 11.6. The zero-order valence-electron chi connectivity index (χ0n) is 19.2. The molecule has 1 N–H and O–H groups in total. The number of nitrogens with one attached hydrogen (secondary N) is 1. The van der Waals surface area contributed by atoms with Gasteiger partial charge in [-0.15, -0.1) is 5.10 Å². The SMILES string of the molecule is c1ccc(Cn2nc(CNCCCSc3nnnn3-c3ccccc3)c(-c3ccccc3)n2)cc1. The first kappa shape index (κ1) is 22.9. The zero-order valence-corrected chi connectivity index (χ0v) is 20.1. The Labute approximate surface area is 208 Å². The molecule has 0 amide bonds. The van der Waals surface area contributed by atoms with Crippen LogP contribution in [0.4, 0.5) is 0 Å².